The van der Waals surface area contributed by atoms with Crippen molar-refractivity contribution in [3.63, 3.8) is 0 Å². The van der Waals surface area contributed by atoms with Crippen LogP contribution in [0.1, 0.15) is 33.4 Å². The van der Waals surface area contributed by atoms with Gasteiger partial charge in [-0.2, -0.15) is 0 Å². The average Bonchev–Trinajstić information content (AvgIpc) is 3.87. The van der Waals surface area contributed by atoms with E-state index in [2.05, 4.69) is 29.6 Å². The monoisotopic (exact) mass is 606 g/mol. The number of rotatable bonds is 8. The second kappa shape index (κ2) is 12.0. The van der Waals surface area contributed by atoms with Gasteiger partial charge in [0.25, 0.3) is 0 Å². The molecule has 1 saturated heterocycles. The van der Waals surface area contributed by atoms with Gasteiger partial charge in [0, 0.05) is 44.4 Å². The third-order valence-electron chi connectivity index (χ3n) is 7.40. The zero-order chi connectivity index (χ0) is 29.2. The fraction of sp³-hybridized carbons (Fsp3) is 0.147. The fourth-order valence-corrected chi connectivity index (χ4v) is 7.16. The minimum atomic E-state index is -0.656. The first-order valence-corrected chi connectivity index (χ1v) is 15.6. The summed E-state index contributed by atoms with van der Waals surface area (Å²) in [5.41, 5.74) is 2.75. The number of hydrogen-bond donors (Lipinski definition) is 0. The van der Waals surface area contributed by atoms with Crippen molar-refractivity contribution < 1.29 is 23.8 Å². The molecule has 7 rings (SSSR count). The molecule has 7 nitrogen and oxygen atoms in total. The molecular formula is C34H26N2O5S2. The van der Waals surface area contributed by atoms with Gasteiger partial charge in [0.05, 0.1) is 11.1 Å². The van der Waals surface area contributed by atoms with Gasteiger partial charge in [-0.25, -0.2) is 14.6 Å². The van der Waals surface area contributed by atoms with Crippen molar-refractivity contribution in [2.75, 3.05) is 6.61 Å². The first-order chi connectivity index (χ1) is 21.1. The Morgan fingerprint density at radius 3 is 2.33 bits per heavy atom. The highest BCUT2D eigenvalue weighted by Crippen LogP contribution is 2.40. The first-order valence-electron chi connectivity index (χ1n) is 13.9. The van der Waals surface area contributed by atoms with Crippen molar-refractivity contribution in [3.05, 3.63) is 126 Å². The molecule has 0 N–H and O–H groups in total. The standard InChI is InChI=1S/C34H26N2O5S2/c37-33(22-8-3-1-4-9-22)39-21-27-26(41-34(38)23-10-5-2-6-11-23)20-31(40-27)36-18-16-25-24(15-17-35-32(25)36)28-13-14-30(43-28)29-12-7-19-42-29/h1-19,26-27,31H,20-21H2/t26-,27+,31+/m0/s1. The van der Waals surface area contributed by atoms with Gasteiger partial charge in [0.1, 0.15) is 30.7 Å². The Bertz CT molecular complexity index is 1860. The maximum absolute atomic E-state index is 13.0. The minimum Gasteiger partial charge on any atom is -0.459 e. The van der Waals surface area contributed by atoms with Crippen LogP contribution in [0.25, 0.3) is 31.2 Å². The van der Waals surface area contributed by atoms with Crippen LogP contribution in [0.15, 0.2) is 115 Å². The summed E-state index contributed by atoms with van der Waals surface area (Å²) in [5.74, 6) is -0.914. The molecule has 0 radical (unpaired) electrons. The van der Waals surface area contributed by atoms with E-state index >= 15 is 0 Å². The summed E-state index contributed by atoms with van der Waals surface area (Å²) in [6, 6.07) is 30.2. The molecule has 0 aliphatic carbocycles. The van der Waals surface area contributed by atoms with Crippen molar-refractivity contribution in [1.29, 1.82) is 0 Å². The highest BCUT2D eigenvalue weighted by Gasteiger charge is 2.40. The van der Waals surface area contributed by atoms with Crippen LogP contribution in [0.4, 0.5) is 0 Å². The fourth-order valence-electron chi connectivity index (χ4n) is 5.28. The molecule has 1 fully saturated rings. The van der Waals surface area contributed by atoms with Crippen LogP contribution in [0.2, 0.25) is 0 Å². The molecule has 0 amide bonds. The molecule has 0 spiro atoms. The number of fused-ring (bicyclic) bond motifs is 1. The van der Waals surface area contributed by atoms with Crippen molar-refractivity contribution in [3.8, 4) is 20.2 Å². The van der Waals surface area contributed by atoms with Crippen LogP contribution in [0, 0.1) is 0 Å². The molecule has 214 valence electrons. The van der Waals surface area contributed by atoms with E-state index in [9.17, 15) is 9.59 Å². The smallest absolute Gasteiger partial charge is 0.338 e. The number of esters is 2. The SMILES string of the molecule is O=C(OC[C@H]1O[C@@H](n2ccc3c(-c4ccc(-c5cccs5)s4)ccnc32)C[C@@H]1OC(=O)c1ccccc1)c1ccccc1. The quantitative estimate of drug-likeness (QED) is 0.164. The predicted molar refractivity (Wildman–Crippen MR) is 167 cm³/mol. The van der Waals surface area contributed by atoms with Gasteiger partial charge >= 0.3 is 11.9 Å². The maximum atomic E-state index is 13.0. The number of thiophene rings is 2. The Morgan fingerprint density at radius 1 is 0.837 bits per heavy atom. The third kappa shape index (κ3) is 5.62. The van der Waals surface area contributed by atoms with Crippen LogP contribution in [-0.2, 0) is 14.2 Å². The lowest BCUT2D eigenvalue weighted by Gasteiger charge is -2.19. The molecule has 1 aliphatic rings. The molecule has 4 aromatic heterocycles. The van der Waals surface area contributed by atoms with Crippen LogP contribution >= 0.6 is 22.7 Å². The Hall–Kier alpha value is -4.57. The first kappa shape index (κ1) is 27.3. The lowest BCUT2D eigenvalue weighted by molar-refractivity contribution is -0.0562. The highest BCUT2D eigenvalue weighted by atomic mass is 32.1. The van der Waals surface area contributed by atoms with Crippen LogP contribution in [-0.4, -0.2) is 40.3 Å². The van der Waals surface area contributed by atoms with E-state index in [0.29, 0.717) is 17.5 Å². The van der Waals surface area contributed by atoms with Crippen LogP contribution in [0.5, 0.6) is 0 Å². The second-order valence-electron chi connectivity index (χ2n) is 10.1. The van der Waals surface area contributed by atoms with Gasteiger partial charge in [0.15, 0.2) is 0 Å². The Kier molecular flexibility index (Phi) is 7.59. The summed E-state index contributed by atoms with van der Waals surface area (Å²) in [6.07, 6.45) is 2.38. The molecule has 6 aromatic rings. The Balaban J connectivity index is 1.15. The number of ether oxygens (including phenoxy) is 3. The van der Waals surface area contributed by atoms with Crippen LogP contribution < -0.4 is 0 Å². The Labute approximate surface area is 255 Å². The molecule has 9 heteroatoms. The van der Waals surface area contributed by atoms with Gasteiger partial charge < -0.3 is 18.8 Å². The van der Waals surface area contributed by atoms with E-state index < -0.39 is 30.4 Å². The second-order valence-corrected chi connectivity index (χ2v) is 12.1. The summed E-state index contributed by atoms with van der Waals surface area (Å²) in [7, 11) is 0. The summed E-state index contributed by atoms with van der Waals surface area (Å²) >= 11 is 3.48. The van der Waals surface area contributed by atoms with E-state index in [1.54, 1.807) is 77.4 Å². The van der Waals surface area contributed by atoms with E-state index in [0.717, 1.165) is 21.5 Å². The number of nitrogens with zero attached hydrogens (tertiary/aromatic N) is 2. The molecule has 0 unspecified atom stereocenters. The number of aromatic nitrogens is 2. The summed E-state index contributed by atoms with van der Waals surface area (Å²) in [5, 5.41) is 3.09. The zero-order valence-corrected chi connectivity index (χ0v) is 24.5. The van der Waals surface area contributed by atoms with Crippen molar-refractivity contribution in [2.24, 2.45) is 0 Å². The van der Waals surface area contributed by atoms with E-state index in [-0.39, 0.29) is 6.61 Å². The molecule has 5 heterocycles. The topological polar surface area (TPSA) is 79.7 Å². The van der Waals surface area contributed by atoms with Gasteiger partial charge in [-0.15, -0.1) is 22.7 Å². The van der Waals surface area contributed by atoms with Crippen molar-refractivity contribution >= 4 is 45.6 Å². The summed E-state index contributed by atoms with van der Waals surface area (Å²) in [6.45, 7) is -0.0600. The zero-order valence-electron chi connectivity index (χ0n) is 22.9. The van der Waals surface area contributed by atoms with Gasteiger partial charge in [-0.05, 0) is 60.0 Å². The molecule has 0 bridgehead atoms. The molecule has 43 heavy (non-hydrogen) atoms. The van der Waals surface area contributed by atoms with E-state index in [1.165, 1.54) is 9.75 Å². The lowest BCUT2D eigenvalue weighted by Crippen LogP contribution is -2.32. The van der Waals surface area contributed by atoms with Crippen LogP contribution in [0.3, 0.4) is 0 Å². The normalized spacial score (nSPS) is 18.1. The number of hydrogen-bond acceptors (Lipinski definition) is 8. The van der Waals surface area contributed by atoms with Gasteiger partial charge in [0.2, 0.25) is 0 Å². The minimum absolute atomic E-state index is 0.0600. The van der Waals surface area contributed by atoms with Crippen molar-refractivity contribution in [2.45, 2.75) is 24.9 Å². The van der Waals surface area contributed by atoms with E-state index in [1.807, 2.05) is 35.0 Å². The van der Waals surface area contributed by atoms with Gasteiger partial charge in [-0.3, -0.25) is 0 Å². The highest BCUT2D eigenvalue weighted by molar-refractivity contribution is 7.23. The number of carbonyl (C=O) groups excluding carboxylic acids is 2. The third-order valence-corrected chi connectivity index (χ3v) is 9.58. The average molecular weight is 607 g/mol. The number of benzene rings is 2. The van der Waals surface area contributed by atoms with Gasteiger partial charge in [-0.1, -0.05) is 42.5 Å². The Morgan fingerprint density at radius 2 is 1.58 bits per heavy atom. The summed E-state index contributed by atoms with van der Waals surface area (Å²) in [4.78, 5) is 34.0. The molecule has 0 saturated carbocycles. The number of pyridine rings is 1. The number of carbonyl (C=O) groups is 2. The predicted octanol–water partition coefficient (Wildman–Crippen LogP) is 7.86. The molecular weight excluding hydrogens is 581 g/mol. The molecule has 2 aromatic carbocycles. The lowest BCUT2D eigenvalue weighted by atomic mass is 10.1. The molecule has 3 atom stereocenters. The largest absolute Gasteiger partial charge is 0.459 e. The van der Waals surface area contributed by atoms with Crippen molar-refractivity contribution in [1.82, 2.24) is 9.55 Å². The molecule has 1 aliphatic heterocycles. The summed E-state index contributed by atoms with van der Waals surface area (Å²) < 4.78 is 19.9. The maximum Gasteiger partial charge on any atom is 0.338 e. The van der Waals surface area contributed by atoms with E-state index in [4.69, 9.17) is 19.2 Å².